The lowest BCUT2D eigenvalue weighted by Gasteiger charge is -2.28. The van der Waals surface area contributed by atoms with Crippen LogP contribution in [0.25, 0.3) is 6.08 Å². The van der Waals surface area contributed by atoms with Crippen LogP contribution in [0.1, 0.15) is 5.56 Å². The molecule has 1 aromatic heterocycles. The molecule has 2 aromatic rings. The van der Waals surface area contributed by atoms with Crippen molar-refractivity contribution in [3.8, 4) is 0 Å². The number of hydrogen-bond acceptors (Lipinski definition) is 6. The molecule has 27 heavy (non-hydrogen) atoms. The van der Waals surface area contributed by atoms with Crippen molar-refractivity contribution in [2.45, 2.75) is 4.21 Å². The van der Waals surface area contributed by atoms with Crippen LogP contribution in [0.3, 0.4) is 0 Å². The second-order valence-corrected chi connectivity index (χ2v) is 8.26. The quantitative estimate of drug-likeness (QED) is 0.322. The molecule has 0 atom stereocenters. The molecule has 0 aliphatic carbocycles. The highest BCUT2D eigenvalue weighted by Crippen LogP contribution is 2.31. The fourth-order valence-corrected chi connectivity index (χ4v) is 4.47. The van der Waals surface area contributed by atoms with E-state index in [9.17, 15) is 14.4 Å². The molecule has 0 saturated carbocycles. The average Bonchev–Trinajstić information content (AvgIpc) is 3.05. The van der Waals surface area contributed by atoms with E-state index in [1.165, 1.54) is 22.3 Å². The third-order valence-corrected chi connectivity index (χ3v) is 6.26. The van der Waals surface area contributed by atoms with Crippen LogP contribution in [0.4, 0.5) is 5.69 Å². The molecule has 1 aromatic carbocycles. The van der Waals surface area contributed by atoms with E-state index in [4.69, 9.17) is 28.9 Å². The second-order valence-electron chi connectivity index (χ2n) is 5.28. The van der Waals surface area contributed by atoms with Gasteiger partial charge < -0.3 is 5.11 Å². The van der Waals surface area contributed by atoms with Gasteiger partial charge in [-0.05, 0) is 59.6 Å². The summed E-state index contributed by atoms with van der Waals surface area (Å²) in [6.07, 6.45) is 1.45. The Morgan fingerprint density at radius 2 is 2.00 bits per heavy atom. The van der Waals surface area contributed by atoms with Crippen LogP contribution in [0.5, 0.6) is 0 Å². The zero-order valence-corrected chi connectivity index (χ0v) is 16.7. The molecule has 2 amide bonds. The van der Waals surface area contributed by atoms with Gasteiger partial charge in [0.25, 0.3) is 11.8 Å². The van der Waals surface area contributed by atoms with E-state index in [-0.39, 0.29) is 16.4 Å². The Labute approximate surface area is 172 Å². The molecule has 1 aliphatic heterocycles. The van der Waals surface area contributed by atoms with Crippen molar-refractivity contribution in [2.75, 3.05) is 10.7 Å². The number of thioether (sulfide) groups is 1. The minimum Gasteiger partial charge on any atom is -0.481 e. The van der Waals surface area contributed by atoms with Gasteiger partial charge in [0.1, 0.15) is 5.57 Å². The van der Waals surface area contributed by atoms with Crippen LogP contribution in [0.15, 0.2) is 45.5 Å². The van der Waals surface area contributed by atoms with E-state index < -0.39 is 17.8 Å². The summed E-state index contributed by atoms with van der Waals surface area (Å²) >= 11 is 13.5. The van der Waals surface area contributed by atoms with Crippen LogP contribution in [0.2, 0.25) is 5.02 Å². The SMILES string of the molecule is O=C(O)CSc1sccc1C=C1C(=O)NC(=S)N(c2ccc(Cl)cc2)C1=O. The van der Waals surface area contributed by atoms with E-state index in [0.29, 0.717) is 20.5 Å². The summed E-state index contributed by atoms with van der Waals surface area (Å²) in [7, 11) is 0. The normalized spacial score (nSPS) is 16.0. The lowest BCUT2D eigenvalue weighted by Crippen LogP contribution is -2.54. The largest absolute Gasteiger partial charge is 0.481 e. The zero-order valence-electron chi connectivity index (χ0n) is 13.5. The van der Waals surface area contributed by atoms with Gasteiger partial charge >= 0.3 is 5.97 Å². The smallest absolute Gasteiger partial charge is 0.313 e. The van der Waals surface area contributed by atoms with Gasteiger partial charge in [-0.1, -0.05) is 11.6 Å². The first-order chi connectivity index (χ1) is 12.9. The molecule has 0 radical (unpaired) electrons. The lowest BCUT2D eigenvalue weighted by molar-refractivity contribution is -0.134. The summed E-state index contributed by atoms with van der Waals surface area (Å²) in [6.45, 7) is 0. The predicted molar refractivity (Wildman–Crippen MR) is 110 cm³/mol. The Morgan fingerprint density at radius 1 is 1.30 bits per heavy atom. The van der Waals surface area contributed by atoms with Crippen molar-refractivity contribution < 1.29 is 19.5 Å². The maximum atomic E-state index is 12.9. The highest BCUT2D eigenvalue weighted by molar-refractivity contribution is 8.01. The van der Waals surface area contributed by atoms with Gasteiger partial charge in [-0.15, -0.1) is 23.1 Å². The van der Waals surface area contributed by atoms with Gasteiger partial charge in [-0.2, -0.15) is 0 Å². The Hall–Kier alpha value is -2.20. The fraction of sp³-hybridized carbons (Fsp3) is 0.0588. The number of halogens is 1. The Balaban J connectivity index is 1.94. The number of thiocarbonyl (C=S) groups is 1. The molecule has 1 saturated heterocycles. The molecule has 10 heteroatoms. The molecular formula is C17H11ClN2O4S3. The first-order valence-corrected chi connectivity index (χ1v) is 10.1. The van der Waals surface area contributed by atoms with E-state index in [0.717, 1.165) is 11.8 Å². The average molecular weight is 439 g/mol. The Morgan fingerprint density at radius 3 is 2.67 bits per heavy atom. The number of benzene rings is 1. The Kier molecular flexibility index (Phi) is 5.95. The van der Waals surface area contributed by atoms with E-state index in [1.807, 2.05) is 0 Å². The van der Waals surface area contributed by atoms with Crippen LogP contribution in [-0.4, -0.2) is 33.8 Å². The van der Waals surface area contributed by atoms with Crippen LogP contribution < -0.4 is 10.2 Å². The number of anilines is 1. The molecule has 2 heterocycles. The van der Waals surface area contributed by atoms with E-state index in [2.05, 4.69) is 5.32 Å². The zero-order chi connectivity index (χ0) is 19.6. The Bertz CT molecular complexity index is 969. The first-order valence-electron chi connectivity index (χ1n) is 7.46. The van der Waals surface area contributed by atoms with Crippen molar-refractivity contribution in [1.29, 1.82) is 0 Å². The molecule has 0 bridgehead atoms. The van der Waals surface area contributed by atoms with Gasteiger partial charge in [0, 0.05) is 5.02 Å². The third kappa shape index (κ3) is 4.38. The molecule has 1 fully saturated rings. The van der Waals surface area contributed by atoms with Gasteiger partial charge in [0.15, 0.2) is 5.11 Å². The van der Waals surface area contributed by atoms with Gasteiger partial charge in [-0.3, -0.25) is 24.6 Å². The summed E-state index contributed by atoms with van der Waals surface area (Å²) < 4.78 is 0.705. The number of nitrogens with one attached hydrogen (secondary N) is 1. The number of aliphatic carboxylic acids is 1. The molecule has 0 spiro atoms. The summed E-state index contributed by atoms with van der Waals surface area (Å²) in [5.41, 5.74) is 0.994. The summed E-state index contributed by atoms with van der Waals surface area (Å²) in [6, 6.07) is 8.21. The van der Waals surface area contributed by atoms with E-state index >= 15 is 0 Å². The maximum Gasteiger partial charge on any atom is 0.313 e. The molecule has 0 unspecified atom stereocenters. The molecule has 2 N–H and O–H groups in total. The van der Waals surface area contributed by atoms with Crippen LogP contribution in [-0.2, 0) is 14.4 Å². The fourth-order valence-electron chi connectivity index (χ4n) is 2.29. The minimum absolute atomic E-state index is 0.0183. The number of amides is 2. The molecule has 3 rings (SSSR count). The van der Waals surface area contributed by atoms with Crippen molar-refractivity contribution >= 4 is 81.6 Å². The highest BCUT2D eigenvalue weighted by Gasteiger charge is 2.34. The van der Waals surface area contributed by atoms with E-state index in [1.54, 1.807) is 35.7 Å². The molecule has 1 aliphatic rings. The van der Waals surface area contributed by atoms with Crippen LogP contribution in [0, 0.1) is 0 Å². The number of hydrogen-bond donors (Lipinski definition) is 2. The number of carboxylic acid groups (broad SMARTS) is 1. The van der Waals surface area contributed by atoms with Gasteiger partial charge in [0.2, 0.25) is 0 Å². The number of carboxylic acids is 1. The number of nitrogens with zero attached hydrogens (tertiary/aromatic N) is 1. The monoisotopic (exact) mass is 438 g/mol. The van der Waals surface area contributed by atoms with Crippen molar-refractivity contribution in [3.63, 3.8) is 0 Å². The number of carbonyl (C=O) groups is 3. The summed E-state index contributed by atoms with van der Waals surface area (Å²) in [4.78, 5) is 37.2. The third-order valence-electron chi connectivity index (χ3n) is 3.47. The van der Waals surface area contributed by atoms with Crippen molar-refractivity contribution in [2.24, 2.45) is 0 Å². The molecule has 138 valence electrons. The standard InChI is InChI=1S/C17H11ClN2O4S3/c18-10-1-3-11(4-2-10)20-15(24)12(14(23)19-17(20)25)7-9-5-6-26-16(9)27-8-13(21)22/h1-7H,8H2,(H,21,22)(H,19,23,25). The highest BCUT2D eigenvalue weighted by atomic mass is 35.5. The second kappa shape index (κ2) is 8.22. The maximum absolute atomic E-state index is 12.9. The molecular weight excluding hydrogens is 428 g/mol. The molecule has 6 nitrogen and oxygen atoms in total. The predicted octanol–water partition coefficient (Wildman–Crippen LogP) is 3.41. The van der Waals surface area contributed by atoms with Crippen molar-refractivity contribution in [1.82, 2.24) is 5.32 Å². The minimum atomic E-state index is -0.947. The van der Waals surface area contributed by atoms with Gasteiger partial charge in [0.05, 0.1) is 15.6 Å². The number of thiophene rings is 1. The topological polar surface area (TPSA) is 86.7 Å². The summed E-state index contributed by atoms with van der Waals surface area (Å²) in [5.74, 6) is -2.22. The van der Waals surface area contributed by atoms with Gasteiger partial charge in [-0.25, -0.2) is 0 Å². The van der Waals surface area contributed by atoms with Crippen molar-refractivity contribution in [3.05, 3.63) is 51.9 Å². The number of carbonyl (C=O) groups excluding carboxylic acids is 2. The first kappa shape index (κ1) is 19.6. The van der Waals surface area contributed by atoms with Crippen LogP contribution >= 0.6 is 46.9 Å². The lowest BCUT2D eigenvalue weighted by atomic mass is 10.1. The summed E-state index contributed by atoms with van der Waals surface area (Å²) in [5, 5.41) is 13.6. The number of rotatable bonds is 5.